The highest BCUT2D eigenvalue weighted by atomic mass is 35.5. The van der Waals surface area contributed by atoms with Gasteiger partial charge in [-0.05, 0) is 11.6 Å². The zero-order chi connectivity index (χ0) is 14.3. The van der Waals surface area contributed by atoms with Crippen LogP contribution in [-0.2, 0) is 20.7 Å². The van der Waals surface area contributed by atoms with Crippen LogP contribution in [0.4, 0.5) is 0 Å². The average molecular weight is 286 g/mol. The van der Waals surface area contributed by atoms with Gasteiger partial charge in [0.25, 0.3) is 0 Å². The number of benzene rings is 1. The molecule has 5 nitrogen and oxygen atoms in total. The number of ether oxygens (including phenoxy) is 1. The molecule has 0 saturated heterocycles. The summed E-state index contributed by atoms with van der Waals surface area (Å²) in [6.45, 7) is 0.195. The van der Waals surface area contributed by atoms with Gasteiger partial charge in [-0.2, -0.15) is 0 Å². The highest BCUT2D eigenvalue weighted by molar-refractivity contribution is 6.31. The van der Waals surface area contributed by atoms with Gasteiger partial charge in [-0.3, -0.25) is 9.59 Å². The Balaban J connectivity index is 2.70. The van der Waals surface area contributed by atoms with Crippen molar-refractivity contribution in [1.82, 2.24) is 4.90 Å². The van der Waals surface area contributed by atoms with Crippen LogP contribution in [-0.4, -0.2) is 48.7 Å². The molecule has 0 atom stereocenters. The van der Waals surface area contributed by atoms with Crippen molar-refractivity contribution in [2.75, 3.05) is 26.8 Å². The highest BCUT2D eigenvalue weighted by Crippen LogP contribution is 2.16. The molecule has 1 rings (SSSR count). The van der Waals surface area contributed by atoms with Gasteiger partial charge in [-0.1, -0.05) is 29.8 Å². The maximum absolute atomic E-state index is 12.1. The number of carbonyl (C=O) groups is 2. The molecule has 1 N–H and O–H groups in total. The lowest BCUT2D eigenvalue weighted by Gasteiger charge is -2.20. The molecular weight excluding hydrogens is 270 g/mol. The van der Waals surface area contributed by atoms with Crippen molar-refractivity contribution in [3.63, 3.8) is 0 Å². The molecule has 0 heterocycles. The van der Waals surface area contributed by atoms with Crippen LogP contribution in [0, 0.1) is 0 Å². The largest absolute Gasteiger partial charge is 0.480 e. The van der Waals surface area contributed by atoms with Gasteiger partial charge in [0.05, 0.1) is 13.0 Å². The predicted molar refractivity (Wildman–Crippen MR) is 71.2 cm³/mol. The number of halogens is 1. The number of rotatable bonds is 7. The molecule has 0 radical (unpaired) electrons. The van der Waals surface area contributed by atoms with Crippen LogP contribution in [0.5, 0.6) is 0 Å². The van der Waals surface area contributed by atoms with Gasteiger partial charge in [-0.25, -0.2) is 0 Å². The average Bonchev–Trinajstić information content (AvgIpc) is 2.36. The number of amides is 1. The molecule has 0 bridgehead atoms. The highest BCUT2D eigenvalue weighted by Gasteiger charge is 2.17. The third-order valence-electron chi connectivity index (χ3n) is 2.54. The molecule has 19 heavy (non-hydrogen) atoms. The lowest BCUT2D eigenvalue weighted by atomic mass is 10.1. The second kappa shape index (κ2) is 7.76. The van der Waals surface area contributed by atoms with Gasteiger partial charge in [-0.15, -0.1) is 0 Å². The number of carbonyl (C=O) groups excluding carboxylic acids is 1. The quantitative estimate of drug-likeness (QED) is 0.823. The maximum Gasteiger partial charge on any atom is 0.323 e. The first-order valence-corrected chi connectivity index (χ1v) is 6.14. The van der Waals surface area contributed by atoms with Crippen molar-refractivity contribution in [2.24, 2.45) is 0 Å². The molecule has 0 fully saturated rings. The Morgan fingerprint density at radius 1 is 1.37 bits per heavy atom. The van der Waals surface area contributed by atoms with Crippen LogP contribution < -0.4 is 0 Å². The Bertz CT molecular complexity index is 450. The molecule has 1 aromatic rings. The molecule has 6 heteroatoms. The minimum absolute atomic E-state index is 0.0800. The van der Waals surface area contributed by atoms with Crippen molar-refractivity contribution < 1.29 is 19.4 Å². The lowest BCUT2D eigenvalue weighted by Crippen LogP contribution is -2.38. The molecule has 1 amide bonds. The second-order valence-electron chi connectivity index (χ2n) is 3.97. The van der Waals surface area contributed by atoms with Crippen LogP contribution >= 0.6 is 11.6 Å². The van der Waals surface area contributed by atoms with Crippen LogP contribution in [0.2, 0.25) is 5.02 Å². The zero-order valence-corrected chi connectivity index (χ0v) is 11.4. The van der Waals surface area contributed by atoms with E-state index in [9.17, 15) is 9.59 Å². The summed E-state index contributed by atoms with van der Waals surface area (Å²) in [6, 6.07) is 7.00. The van der Waals surface area contributed by atoms with Crippen molar-refractivity contribution >= 4 is 23.5 Å². The monoisotopic (exact) mass is 285 g/mol. The summed E-state index contributed by atoms with van der Waals surface area (Å²) >= 11 is 5.97. The van der Waals surface area contributed by atoms with E-state index in [1.807, 2.05) is 0 Å². The summed E-state index contributed by atoms with van der Waals surface area (Å²) in [5, 5.41) is 9.29. The fraction of sp³-hybridized carbons (Fsp3) is 0.385. The van der Waals surface area contributed by atoms with Gasteiger partial charge in [0.1, 0.15) is 6.54 Å². The lowest BCUT2D eigenvalue weighted by molar-refractivity contribution is -0.144. The SMILES string of the molecule is COCCN(CC(=O)O)C(=O)Cc1ccccc1Cl. The summed E-state index contributed by atoms with van der Waals surface area (Å²) in [4.78, 5) is 24.0. The normalized spacial score (nSPS) is 10.2. The first-order chi connectivity index (χ1) is 9.04. The number of carboxylic acid groups (broad SMARTS) is 1. The third kappa shape index (κ3) is 5.28. The maximum atomic E-state index is 12.1. The molecule has 0 aliphatic carbocycles. The zero-order valence-electron chi connectivity index (χ0n) is 10.6. The number of hydrogen-bond acceptors (Lipinski definition) is 3. The summed E-state index contributed by atoms with van der Waals surface area (Å²) in [5.41, 5.74) is 0.682. The van der Waals surface area contributed by atoms with Crippen molar-refractivity contribution in [3.05, 3.63) is 34.9 Å². The van der Waals surface area contributed by atoms with E-state index in [4.69, 9.17) is 21.4 Å². The Morgan fingerprint density at radius 2 is 2.05 bits per heavy atom. The van der Waals surface area contributed by atoms with E-state index in [0.717, 1.165) is 0 Å². The van der Waals surface area contributed by atoms with E-state index in [-0.39, 0.29) is 25.4 Å². The topological polar surface area (TPSA) is 66.8 Å². The number of nitrogens with zero attached hydrogens (tertiary/aromatic N) is 1. The molecule has 0 unspecified atom stereocenters. The fourth-order valence-electron chi connectivity index (χ4n) is 1.57. The van der Waals surface area contributed by atoms with Crippen molar-refractivity contribution in [2.45, 2.75) is 6.42 Å². The van der Waals surface area contributed by atoms with E-state index in [0.29, 0.717) is 17.2 Å². The molecule has 0 aliphatic rings. The number of aliphatic carboxylic acids is 1. The van der Waals surface area contributed by atoms with Gasteiger partial charge in [0, 0.05) is 18.7 Å². The number of carboxylic acids is 1. The van der Waals surface area contributed by atoms with Gasteiger partial charge in [0.2, 0.25) is 5.91 Å². The van der Waals surface area contributed by atoms with Crippen LogP contribution in [0.3, 0.4) is 0 Å². The van der Waals surface area contributed by atoms with E-state index in [2.05, 4.69) is 0 Å². The Morgan fingerprint density at radius 3 is 2.63 bits per heavy atom. The number of methoxy groups -OCH3 is 1. The summed E-state index contributed by atoms with van der Waals surface area (Å²) < 4.78 is 4.87. The van der Waals surface area contributed by atoms with Gasteiger partial charge < -0.3 is 14.7 Å². The molecule has 0 spiro atoms. The minimum Gasteiger partial charge on any atom is -0.480 e. The molecule has 104 valence electrons. The smallest absolute Gasteiger partial charge is 0.323 e. The minimum atomic E-state index is -1.05. The Labute approximate surface area is 116 Å². The van der Waals surface area contributed by atoms with E-state index in [1.54, 1.807) is 24.3 Å². The summed E-state index contributed by atoms with van der Waals surface area (Å²) in [5.74, 6) is -1.34. The molecule has 0 aliphatic heterocycles. The van der Waals surface area contributed by atoms with Gasteiger partial charge >= 0.3 is 5.97 Å². The Kier molecular flexibility index (Phi) is 6.32. The molecule has 0 saturated carbocycles. The molecular formula is C13H16ClNO4. The first kappa shape index (κ1) is 15.5. The van der Waals surface area contributed by atoms with E-state index in [1.165, 1.54) is 12.0 Å². The van der Waals surface area contributed by atoms with Crippen molar-refractivity contribution in [1.29, 1.82) is 0 Å². The van der Waals surface area contributed by atoms with Crippen LogP contribution in [0.1, 0.15) is 5.56 Å². The number of hydrogen-bond donors (Lipinski definition) is 1. The summed E-state index contributed by atoms with van der Waals surface area (Å²) in [7, 11) is 1.50. The van der Waals surface area contributed by atoms with Crippen molar-refractivity contribution in [3.8, 4) is 0 Å². The molecule has 1 aromatic carbocycles. The van der Waals surface area contributed by atoms with E-state index >= 15 is 0 Å². The first-order valence-electron chi connectivity index (χ1n) is 5.76. The van der Waals surface area contributed by atoms with E-state index < -0.39 is 5.97 Å². The second-order valence-corrected chi connectivity index (χ2v) is 4.38. The van der Waals surface area contributed by atoms with Gasteiger partial charge in [0.15, 0.2) is 0 Å². The predicted octanol–water partition coefficient (Wildman–Crippen LogP) is 1.44. The standard InChI is InChI=1S/C13H16ClNO4/c1-19-7-6-15(9-13(17)18)12(16)8-10-4-2-3-5-11(10)14/h2-5H,6-9H2,1H3,(H,17,18). The summed E-state index contributed by atoms with van der Waals surface area (Å²) in [6.07, 6.45) is 0.0800. The Hall–Kier alpha value is -1.59. The molecule has 0 aromatic heterocycles. The third-order valence-corrected chi connectivity index (χ3v) is 2.91. The van der Waals surface area contributed by atoms with Crippen LogP contribution in [0.25, 0.3) is 0 Å². The van der Waals surface area contributed by atoms with Crippen LogP contribution in [0.15, 0.2) is 24.3 Å². The fourth-order valence-corrected chi connectivity index (χ4v) is 1.78.